The molecule has 0 saturated carbocycles. The van der Waals surface area contributed by atoms with E-state index >= 15 is 0 Å². The van der Waals surface area contributed by atoms with Gasteiger partial charge in [0.05, 0.1) is 0 Å². The maximum absolute atomic E-state index is 2.34. The van der Waals surface area contributed by atoms with Crippen LogP contribution >= 0.6 is 11.8 Å². The quantitative estimate of drug-likeness (QED) is 0.677. The molecule has 2 aromatic carbocycles. The summed E-state index contributed by atoms with van der Waals surface area (Å²) < 4.78 is 0. The normalized spacial score (nSPS) is 22.6. The zero-order valence-electron chi connectivity index (χ0n) is 11.4. The minimum atomic E-state index is 0.546. The fraction of sp³-hybridized carbons (Fsp3) is 0.158. The van der Waals surface area contributed by atoms with Crippen molar-refractivity contribution in [2.24, 2.45) is 0 Å². The lowest BCUT2D eigenvalue weighted by atomic mass is 9.90. The summed E-state index contributed by atoms with van der Waals surface area (Å²) in [7, 11) is 0. The summed E-state index contributed by atoms with van der Waals surface area (Å²) in [4.78, 5) is 1.46. The number of fused-ring (bicyclic) bond motifs is 3. The molecule has 0 amide bonds. The lowest BCUT2D eigenvalue weighted by Crippen LogP contribution is -2.06. The maximum Gasteiger partial charge on any atom is 0.0381 e. The second-order valence-corrected chi connectivity index (χ2v) is 6.66. The molecular weight excluding hydrogens is 260 g/mol. The van der Waals surface area contributed by atoms with Gasteiger partial charge in [-0.2, -0.15) is 0 Å². The highest BCUT2D eigenvalue weighted by Crippen LogP contribution is 2.51. The van der Waals surface area contributed by atoms with Crippen LogP contribution in [0.15, 0.2) is 71.7 Å². The van der Waals surface area contributed by atoms with Gasteiger partial charge in [0.2, 0.25) is 0 Å². The molecule has 1 aliphatic heterocycles. The predicted octanol–water partition coefficient (Wildman–Crippen LogP) is 5.35. The second-order valence-electron chi connectivity index (χ2n) is 5.47. The van der Waals surface area contributed by atoms with E-state index in [9.17, 15) is 0 Å². The van der Waals surface area contributed by atoms with Crippen LogP contribution in [0.4, 0.5) is 0 Å². The molecule has 1 aliphatic carbocycles. The van der Waals surface area contributed by atoms with Crippen LogP contribution in [-0.4, -0.2) is 5.25 Å². The molecule has 2 unspecified atom stereocenters. The molecule has 0 saturated heterocycles. The molecule has 0 radical (unpaired) electrons. The molecule has 0 fully saturated rings. The van der Waals surface area contributed by atoms with E-state index in [1.165, 1.54) is 27.1 Å². The van der Waals surface area contributed by atoms with E-state index in [0.717, 1.165) is 0 Å². The van der Waals surface area contributed by atoms with Crippen molar-refractivity contribution in [2.45, 2.75) is 23.0 Å². The zero-order chi connectivity index (χ0) is 13.5. The first kappa shape index (κ1) is 12.0. The Labute approximate surface area is 124 Å². The number of rotatable bonds is 1. The first-order valence-electron chi connectivity index (χ1n) is 7.04. The Morgan fingerprint density at radius 2 is 1.80 bits per heavy atom. The molecule has 2 aliphatic rings. The third-order valence-electron chi connectivity index (χ3n) is 4.07. The molecule has 0 nitrogen and oxygen atoms in total. The van der Waals surface area contributed by atoms with Crippen LogP contribution < -0.4 is 0 Å². The van der Waals surface area contributed by atoms with Gasteiger partial charge in [-0.1, -0.05) is 72.3 Å². The molecule has 1 heterocycles. The lowest BCUT2D eigenvalue weighted by molar-refractivity contribution is 0.881. The number of hydrogen-bond donors (Lipinski definition) is 0. The van der Waals surface area contributed by atoms with E-state index < -0.39 is 0 Å². The highest BCUT2D eigenvalue weighted by atomic mass is 32.2. The summed E-state index contributed by atoms with van der Waals surface area (Å²) in [6, 6.07) is 15.6. The van der Waals surface area contributed by atoms with Crippen molar-refractivity contribution in [1.29, 1.82) is 0 Å². The Bertz CT molecular complexity index is 724. The molecule has 0 spiro atoms. The summed E-state index contributed by atoms with van der Waals surface area (Å²) in [5.41, 5.74) is 5.52. The van der Waals surface area contributed by atoms with Gasteiger partial charge >= 0.3 is 0 Å². The molecule has 0 N–H and O–H groups in total. The van der Waals surface area contributed by atoms with E-state index in [4.69, 9.17) is 0 Å². The van der Waals surface area contributed by atoms with E-state index in [2.05, 4.69) is 73.7 Å². The number of aryl methyl sites for hydroxylation is 1. The summed E-state index contributed by atoms with van der Waals surface area (Å²) >= 11 is 2.01. The van der Waals surface area contributed by atoms with Crippen LogP contribution in [0, 0.1) is 6.92 Å². The third-order valence-corrected chi connectivity index (χ3v) is 5.49. The summed E-state index contributed by atoms with van der Waals surface area (Å²) in [6.07, 6.45) is 9.02. The van der Waals surface area contributed by atoms with Gasteiger partial charge in [0.15, 0.2) is 0 Å². The fourth-order valence-corrected chi connectivity index (χ4v) is 4.58. The summed E-state index contributed by atoms with van der Waals surface area (Å²) in [6.45, 7) is 2.16. The molecular formula is C19H16S. The Kier molecular flexibility index (Phi) is 2.82. The lowest BCUT2D eigenvalue weighted by Gasteiger charge is -2.14. The first-order chi connectivity index (χ1) is 9.83. The highest BCUT2D eigenvalue weighted by Gasteiger charge is 2.32. The van der Waals surface area contributed by atoms with Gasteiger partial charge in [-0.25, -0.2) is 0 Å². The first-order valence-corrected chi connectivity index (χ1v) is 7.92. The van der Waals surface area contributed by atoms with Crippen molar-refractivity contribution in [3.05, 3.63) is 77.9 Å². The van der Waals surface area contributed by atoms with E-state index in [1.54, 1.807) is 0 Å². The molecule has 1 heteroatoms. The van der Waals surface area contributed by atoms with E-state index in [0.29, 0.717) is 11.2 Å². The minimum absolute atomic E-state index is 0.546. The minimum Gasteiger partial charge on any atom is -0.117 e. The average Bonchev–Trinajstić information content (AvgIpc) is 2.86. The molecule has 2 atom stereocenters. The van der Waals surface area contributed by atoms with Crippen LogP contribution in [0.3, 0.4) is 0 Å². The number of allylic oxidation sites excluding steroid dienone is 3. The fourth-order valence-electron chi connectivity index (χ4n) is 3.10. The molecule has 2 aromatic rings. The molecule has 0 bridgehead atoms. The second kappa shape index (κ2) is 4.68. The van der Waals surface area contributed by atoms with E-state index in [-0.39, 0.29) is 0 Å². The largest absolute Gasteiger partial charge is 0.117 e. The zero-order valence-corrected chi connectivity index (χ0v) is 12.2. The van der Waals surface area contributed by atoms with Crippen molar-refractivity contribution in [2.75, 3.05) is 0 Å². The van der Waals surface area contributed by atoms with Crippen molar-refractivity contribution in [1.82, 2.24) is 0 Å². The van der Waals surface area contributed by atoms with E-state index in [1.807, 2.05) is 11.8 Å². The molecule has 20 heavy (non-hydrogen) atoms. The van der Waals surface area contributed by atoms with Gasteiger partial charge in [-0.3, -0.25) is 0 Å². The van der Waals surface area contributed by atoms with Crippen molar-refractivity contribution in [3.63, 3.8) is 0 Å². The highest BCUT2D eigenvalue weighted by molar-refractivity contribution is 8.00. The number of benzene rings is 2. The van der Waals surface area contributed by atoms with Crippen molar-refractivity contribution >= 4 is 11.8 Å². The third kappa shape index (κ3) is 1.85. The topological polar surface area (TPSA) is 0 Å². The van der Waals surface area contributed by atoms with Crippen LogP contribution in [0.1, 0.15) is 17.0 Å². The summed E-state index contributed by atoms with van der Waals surface area (Å²) in [5.74, 6) is 0.546. The molecule has 0 aromatic heterocycles. The molecule has 98 valence electrons. The van der Waals surface area contributed by atoms with Gasteiger partial charge in [0, 0.05) is 16.1 Å². The van der Waals surface area contributed by atoms with Gasteiger partial charge in [0.25, 0.3) is 0 Å². The Morgan fingerprint density at radius 1 is 0.950 bits per heavy atom. The van der Waals surface area contributed by atoms with Gasteiger partial charge < -0.3 is 0 Å². The molecule has 4 rings (SSSR count). The van der Waals surface area contributed by atoms with Crippen LogP contribution in [0.2, 0.25) is 0 Å². The monoisotopic (exact) mass is 276 g/mol. The smallest absolute Gasteiger partial charge is 0.0381 e. The maximum atomic E-state index is 2.34. The van der Waals surface area contributed by atoms with Crippen LogP contribution in [-0.2, 0) is 0 Å². The van der Waals surface area contributed by atoms with Crippen LogP contribution in [0.25, 0.3) is 11.1 Å². The Morgan fingerprint density at radius 3 is 2.70 bits per heavy atom. The summed E-state index contributed by atoms with van der Waals surface area (Å²) in [5, 5.41) is 0.570. The number of hydrogen-bond acceptors (Lipinski definition) is 1. The van der Waals surface area contributed by atoms with Gasteiger partial charge in [-0.05, 0) is 23.6 Å². The predicted molar refractivity (Wildman–Crippen MR) is 87.3 cm³/mol. The SMILES string of the molecule is Cc1cccc(-c2cccc3c2SC2C=CC=CC32)c1. The standard InChI is InChI=1S/C19H16S/c1-13-6-4-7-14(12-13)15-9-5-10-17-16-8-2-3-11-18(16)20-19(15)17/h2-12,16,18H,1H3. The Balaban J connectivity index is 1.87. The Hall–Kier alpha value is -1.73. The van der Waals surface area contributed by atoms with Crippen molar-refractivity contribution < 1.29 is 0 Å². The average molecular weight is 276 g/mol. The van der Waals surface area contributed by atoms with Crippen molar-refractivity contribution in [3.8, 4) is 11.1 Å². The number of thioether (sulfide) groups is 1. The van der Waals surface area contributed by atoms with Crippen LogP contribution in [0.5, 0.6) is 0 Å². The van der Waals surface area contributed by atoms with Gasteiger partial charge in [-0.15, -0.1) is 11.8 Å². The van der Waals surface area contributed by atoms with Gasteiger partial charge in [0.1, 0.15) is 0 Å².